The molecular weight excluding hydrogens is 193 g/mol. The number of aryl methyl sites for hydroxylation is 1. The molecule has 2 heterocycles. The molecule has 0 bridgehead atoms. The first-order valence-corrected chi connectivity index (χ1v) is 4.91. The average molecular weight is 203 g/mol. The summed E-state index contributed by atoms with van der Waals surface area (Å²) >= 11 is 0. The third-order valence-corrected chi connectivity index (χ3v) is 2.72. The molecule has 0 spiro atoms. The van der Waals surface area contributed by atoms with Gasteiger partial charge in [-0.25, -0.2) is 9.97 Å². The van der Waals surface area contributed by atoms with Gasteiger partial charge in [0, 0.05) is 18.5 Å². The van der Waals surface area contributed by atoms with Crippen molar-refractivity contribution in [3.05, 3.63) is 46.6 Å². The molecular formula is C11H10FN3. The van der Waals surface area contributed by atoms with Crippen LogP contribution < -0.4 is 0 Å². The van der Waals surface area contributed by atoms with E-state index >= 15 is 0 Å². The van der Waals surface area contributed by atoms with Crippen LogP contribution >= 0.6 is 0 Å². The van der Waals surface area contributed by atoms with Crippen molar-refractivity contribution < 1.29 is 4.39 Å². The normalized spacial score (nSPS) is 13.5. The number of hydrogen-bond acceptors (Lipinski definition) is 2. The molecule has 0 radical (unpaired) electrons. The van der Waals surface area contributed by atoms with Crippen molar-refractivity contribution in [1.82, 2.24) is 15.0 Å². The van der Waals surface area contributed by atoms with E-state index in [1.807, 2.05) is 6.92 Å². The number of aromatic nitrogens is 3. The molecule has 2 aromatic heterocycles. The van der Waals surface area contributed by atoms with E-state index in [1.54, 1.807) is 6.07 Å². The van der Waals surface area contributed by atoms with Crippen molar-refractivity contribution in [3.8, 4) is 0 Å². The second kappa shape index (κ2) is 2.89. The highest BCUT2D eigenvalue weighted by atomic mass is 19.1. The van der Waals surface area contributed by atoms with Crippen LogP contribution in [0.15, 0.2) is 12.1 Å². The number of H-pyrrole nitrogens is 1. The van der Waals surface area contributed by atoms with Crippen LogP contribution in [0.5, 0.6) is 0 Å². The largest absolute Gasteiger partial charge is 0.346 e. The van der Waals surface area contributed by atoms with Gasteiger partial charge in [-0.1, -0.05) is 6.07 Å². The quantitative estimate of drug-likeness (QED) is 0.565. The summed E-state index contributed by atoms with van der Waals surface area (Å²) in [7, 11) is 0. The summed E-state index contributed by atoms with van der Waals surface area (Å²) < 4.78 is 12.9. The molecule has 1 aliphatic carbocycles. The zero-order valence-electron chi connectivity index (χ0n) is 8.34. The fourth-order valence-electron chi connectivity index (χ4n) is 2.05. The number of nitrogens with one attached hydrogen (secondary N) is 1. The van der Waals surface area contributed by atoms with E-state index < -0.39 is 5.95 Å². The zero-order valence-corrected chi connectivity index (χ0v) is 8.34. The number of halogens is 1. The van der Waals surface area contributed by atoms with E-state index in [4.69, 9.17) is 0 Å². The lowest BCUT2D eigenvalue weighted by molar-refractivity contribution is 0.575. The molecule has 76 valence electrons. The van der Waals surface area contributed by atoms with Crippen molar-refractivity contribution in [3.63, 3.8) is 0 Å². The number of fused-ring (bicyclic) bond motifs is 2. The molecule has 0 saturated heterocycles. The summed E-state index contributed by atoms with van der Waals surface area (Å²) in [4.78, 5) is 11.5. The summed E-state index contributed by atoms with van der Waals surface area (Å²) in [6.45, 7) is 1.93. The van der Waals surface area contributed by atoms with Gasteiger partial charge in [0.2, 0.25) is 5.95 Å². The van der Waals surface area contributed by atoms with Crippen molar-refractivity contribution in [2.45, 2.75) is 19.8 Å². The highest BCUT2D eigenvalue weighted by Crippen LogP contribution is 2.24. The molecule has 1 aliphatic rings. The first kappa shape index (κ1) is 8.59. The summed E-state index contributed by atoms with van der Waals surface area (Å²) in [5.74, 6) is 0.498. The Morgan fingerprint density at radius 2 is 2.07 bits per heavy atom. The Bertz CT molecular complexity index is 531. The Balaban J connectivity index is 2.10. The topological polar surface area (TPSA) is 41.6 Å². The second-order valence-electron chi connectivity index (χ2n) is 3.84. The van der Waals surface area contributed by atoms with E-state index in [1.165, 1.54) is 6.07 Å². The lowest BCUT2D eigenvalue weighted by atomic mass is 9.97. The van der Waals surface area contributed by atoms with Crippen LogP contribution in [-0.4, -0.2) is 15.0 Å². The molecule has 0 fully saturated rings. The Hall–Kier alpha value is -1.71. The Morgan fingerprint density at radius 1 is 1.20 bits per heavy atom. The fraction of sp³-hybridized carbons (Fsp3) is 0.273. The number of hydrogen-bond donors (Lipinski definition) is 1. The van der Waals surface area contributed by atoms with Crippen molar-refractivity contribution in [2.75, 3.05) is 0 Å². The zero-order chi connectivity index (χ0) is 10.4. The molecule has 0 aliphatic heterocycles. The van der Waals surface area contributed by atoms with Crippen molar-refractivity contribution in [1.29, 1.82) is 0 Å². The smallest absolute Gasteiger partial charge is 0.213 e. The molecule has 4 heteroatoms. The Morgan fingerprint density at radius 3 is 2.93 bits per heavy atom. The molecule has 1 N–H and O–H groups in total. The SMILES string of the molecule is Cc1nc2c([nH]1)Cc1ccc(F)nc1C2. The van der Waals surface area contributed by atoms with E-state index in [2.05, 4.69) is 15.0 Å². The van der Waals surface area contributed by atoms with Gasteiger partial charge in [0.25, 0.3) is 0 Å². The fourth-order valence-corrected chi connectivity index (χ4v) is 2.05. The minimum atomic E-state index is -0.413. The van der Waals surface area contributed by atoms with Crippen molar-refractivity contribution >= 4 is 0 Å². The van der Waals surface area contributed by atoms with Crippen LogP contribution in [0.2, 0.25) is 0 Å². The van der Waals surface area contributed by atoms with E-state index in [-0.39, 0.29) is 0 Å². The van der Waals surface area contributed by atoms with Crippen molar-refractivity contribution in [2.24, 2.45) is 0 Å². The molecule has 0 saturated carbocycles. The number of nitrogens with zero attached hydrogens (tertiary/aromatic N) is 2. The standard InChI is InChI=1S/C11H10FN3/c1-6-13-9-4-7-2-3-11(12)15-8(7)5-10(9)14-6/h2-3H,4-5H2,1H3,(H,13,14). The molecule has 0 amide bonds. The summed E-state index contributed by atoms with van der Waals surface area (Å²) in [6, 6.07) is 3.21. The molecule has 3 rings (SSSR count). The molecule has 2 aromatic rings. The Labute approximate surface area is 86.4 Å². The number of pyridine rings is 1. The first-order chi connectivity index (χ1) is 7.22. The minimum absolute atomic E-state index is 0.413. The molecule has 3 nitrogen and oxygen atoms in total. The van der Waals surface area contributed by atoms with Crippen LogP contribution in [0.1, 0.15) is 28.5 Å². The van der Waals surface area contributed by atoms with Crippen LogP contribution in [0.3, 0.4) is 0 Å². The molecule has 0 aromatic carbocycles. The predicted molar refractivity (Wildman–Crippen MR) is 53.1 cm³/mol. The first-order valence-electron chi connectivity index (χ1n) is 4.91. The minimum Gasteiger partial charge on any atom is -0.346 e. The van der Waals surface area contributed by atoms with Crippen LogP contribution in [0, 0.1) is 12.9 Å². The van der Waals surface area contributed by atoms with E-state index in [9.17, 15) is 4.39 Å². The van der Waals surface area contributed by atoms with E-state index in [0.717, 1.165) is 34.9 Å². The van der Waals surface area contributed by atoms with Gasteiger partial charge in [-0.2, -0.15) is 4.39 Å². The molecule has 0 atom stereocenters. The third kappa shape index (κ3) is 1.33. The van der Waals surface area contributed by atoms with Gasteiger partial charge in [-0.3, -0.25) is 0 Å². The Kier molecular flexibility index (Phi) is 1.65. The maximum Gasteiger partial charge on any atom is 0.213 e. The lowest BCUT2D eigenvalue weighted by Gasteiger charge is -2.13. The monoisotopic (exact) mass is 203 g/mol. The maximum absolute atomic E-state index is 12.9. The predicted octanol–water partition coefficient (Wildman–Crippen LogP) is 1.75. The molecule has 15 heavy (non-hydrogen) atoms. The van der Waals surface area contributed by atoms with Gasteiger partial charge in [0.1, 0.15) is 5.82 Å². The highest BCUT2D eigenvalue weighted by Gasteiger charge is 2.19. The average Bonchev–Trinajstić information content (AvgIpc) is 2.53. The third-order valence-electron chi connectivity index (χ3n) is 2.72. The van der Waals surface area contributed by atoms with Gasteiger partial charge in [0.15, 0.2) is 0 Å². The van der Waals surface area contributed by atoms with Crippen LogP contribution in [-0.2, 0) is 12.8 Å². The van der Waals surface area contributed by atoms with Gasteiger partial charge < -0.3 is 4.98 Å². The van der Waals surface area contributed by atoms with Gasteiger partial charge >= 0.3 is 0 Å². The summed E-state index contributed by atoms with van der Waals surface area (Å²) in [5.41, 5.74) is 4.04. The van der Waals surface area contributed by atoms with Crippen LogP contribution in [0.4, 0.5) is 4.39 Å². The summed E-state index contributed by atoms with van der Waals surface area (Å²) in [6.07, 6.45) is 1.41. The van der Waals surface area contributed by atoms with Gasteiger partial charge in [0.05, 0.1) is 11.4 Å². The van der Waals surface area contributed by atoms with E-state index in [0.29, 0.717) is 6.42 Å². The summed E-state index contributed by atoms with van der Waals surface area (Å²) in [5, 5.41) is 0. The maximum atomic E-state index is 12.9. The van der Waals surface area contributed by atoms with Gasteiger partial charge in [-0.15, -0.1) is 0 Å². The number of aromatic amines is 1. The van der Waals surface area contributed by atoms with Crippen LogP contribution in [0.25, 0.3) is 0 Å². The second-order valence-corrected chi connectivity index (χ2v) is 3.84. The highest BCUT2D eigenvalue weighted by molar-refractivity contribution is 5.36. The number of rotatable bonds is 0. The lowest BCUT2D eigenvalue weighted by Crippen LogP contribution is -2.09. The number of imidazole rings is 1. The molecule has 0 unspecified atom stereocenters. The van der Waals surface area contributed by atoms with Gasteiger partial charge in [-0.05, 0) is 18.6 Å².